The average molecular weight is 369 g/mol. The number of carbonyl (C=O) groups excluding carboxylic acids is 1. The van der Waals surface area contributed by atoms with E-state index in [-0.39, 0.29) is 11.9 Å². The fourth-order valence-corrected chi connectivity index (χ4v) is 4.91. The van der Waals surface area contributed by atoms with E-state index in [1.807, 2.05) is 31.2 Å². The topological polar surface area (TPSA) is 45.5 Å². The summed E-state index contributed by atoms with van der Waals surface area (Å²) < 4.78 is 6.83. The summed E-state index contributed by atoms with van der Waals surface area (Å²) in [7, 11) is 0. The molecule has 1 amide bonds. The zero-order valence-corrected chi connectivity index (χ0v) is 15.8. The van der Waals surface area contributed by atoms with Gasteiger partial charge in [-0.3, -0.25) is 9.69 Å². The van der Waals surface area contributed by atoms with Crippen LogP contribution in [0.5, 0.6) is 0 Å². The summed E-state index contributed by atoms with van der Waals surface area (Å²) in [6.07, 6.45) is 5.42. The van der Waals surface area contributed by atoms with E-state index < -0.39 is 0 Å². The predicted octanol–water partition coefficient (Wildman–Crippen LogP) is 4.76. The maximum Gasteiger partial charge on any atom is 0.261 e. The number of furan rings is 1. The monoisotopic (exact) mass is 368 g/mol. The summed E-state index contributed by atoms with van der Waals surface area (Å²) in [5, 5.41) is 4.32. The first-order valence-electron chi connectivity index (χ1n) is 9.28. The van der Waals surface area contributed by atoms with Crippen molar-refractivity contribution >= 4 is 27.3 Å². The number of rotatable bonds is 5. The number of aryl methyl sites for hydroxylation is 1. The second kappa shape index (κ2) is 7.64. The van der Waals surface area contributed by atoms with Gasteiger partial charge in [-0.2, -0.15) is 0 Å². The van der Waals surface area contributed by atoms with Crippen molar-refractivity contribution in [3.8, 4) is 0 Å². The first-order chi connectivity index (χ1) is 12.7. The Morgan fingerprint density at radius 2 is 2.00 bits per heavy atom. The summed E-state index contributed by atoms with van der Waals surface area (Å²) in [6.45, 7) is 4.72. The van der Waals surface area contributed by atoms with Gasteiger partial charge in [0.05, 0.1) is 17.2 Å². The van der Waals surface area contributed by atoms with Gasteiger partial charge in [-0.15, -0.1) is 11.3 Å². The molecular formula is C21H24N2O2S. The molecule has 136 valence electrons. The van der Waals surface area contributed by atoms with Crippen molar-refractivity contribution < 1.29 is 9.21 Å². The number of amides is 1. The van der Waals surface area contributed by atoms with Crippen molar-refractivity contribution in [3.05, 3.63) is 58.9 Å². The maximum absolute atomic E-state index is 12.8. The van der Waals surface area contributed by atoms with Gasteiger partial charge in [0.25, 0.3) is 5.91 Å². The lowest BCUT2D eigenvalue weighted by Crippen LogP contribution is -2.40. The lowest BCUT2D eigenvalue weighted by molar-refractivity contribution is 0.0917. The standard InChI is InChI=1S/C21H24N2O2S/c1-15-16-8-3-4-10-19(16)26-20(15)21(24)22-14-17(18-9-7-13-25-18)23-11-5-2-6-12-23/h3-4,7-10,13,17H,2,5-6,11-12,14H2,1H3,(H,22,24). The van der Waals surface area contributed by atoms with Crippen LogP contribution in [0.1, 0.15) is 46.3 Å². The number of nitrogens with zero attached hydrogens (tertiary/aromatic N) is 1. The molecule has 3 heterocycles. The fraction of sp³-hybridized carbons (Fsp3) is 0.381. The first-order valence-corrected chi connectivity index (χ1v) is 10.1. The number of fused-ring (bicyclic) bond motifs is 1. The number of carbonyl (C=O) groups is 1. The third-order valence-electron chi connectivity index (χ3n) is 5.21. The van der Waals surface area contributed by atoms with E-state index >= 15 is 0 Å². The highest BCUT2D eigenvalue weighted by Crippen LogP contribution is 2.31. The lowest BCUT2D eigenvalue weighted by atomic mass is 10.1. The molecule has 1 aromatic carbocycles. The van der Waals surface area contributed by atoms with Gasteiger partial charge < -0.3 is 9.73 Å². The van der Waals surface area contributed by atoms with E-state index in [0.717, 1.165) is 34.0 Å². The van der Waals surface area contributed by atoms with Crippen LogP contribution in [-0.4, -0.2) is 30.4 Å². The molecule has 1 fully saturated rings. The van der Waals surface area contributed by atoms with E-state index in [0.29, 0.717) is 6.54 Å². The Hall–Kier alpha value is -2.11. The second-order valence-corrected chi connectivity index (χ2v) is 7.94. The number of hydrogen-bond donors (Lipinski definition) is 1. The third-order valence-corrected chi connectivity index (χ3v) is 6.48. The Kier molecular flexibility index (Phi) is 5.09. The number of benzene rings is 1. The van der Waals surface area contributed by atoms with Gasteiger partial charge in [-0.05, 0) is 62.0 Å². The number of thiophene rings is 1. The summed E-state index contributed by atoms with van der Waals surface area (Å²) in [4.78, 5) is 16.1. The van der Waals surface area contributed by atoms with E-state index in [4.69, 9.17) is 4.42 Å². The number of hydrogen-bond acceptors (Lipinski definition) is 4. The maximum atomic E-state index is 12.8. The normalized spacial score (nSPS) is 16.7. The minimum Gasteiger partial charge on any atom is -0.468 e. The number of likely N-dealkylation sites (tertiary alicyclic amines) is 1. The lowest BCUT2D eigenvalue weighted by Gasteiger charge is -2.33. The Labute approximate surface area is 157 Å². The van der Waals surface area contributed by atoms with Gasteiger partial charge in [0.2, 0.25) is 0 Å². The van der Waals surface area contributed by atoms with Gasteiger partial charge in [0, 0.05) is 11.2 Å². The molecule has 1 aliphatic heterocycles. The van der Waals surface area contributed by atoms with Crippen molar-refractivity contribution in [2.24, 2.45) is 0 Å². The van der Waals surface area contributed by atoms with Crippen molar-refractivity contribution in [2.75, 3.05) is 19.6 Å². The minimum absolute atomic E-state index is 0.0114. The molecule has 1 unspecified atom stereocenters. The molecule has 26 heavy (non-hydrogen) atoms. The highest BCUT2D eigenvalue weighted by molar-refractivity contribution is 7.21. The molecule has 0 bridgehead atoms. The molecule has 3 aromatic rings. The van der Waals surface area contributed by atoms with Crippen molar-refractivity contribution in [3.63, 3.8) is 0 Å². The molecule has 0 saturated carbocycles. The van der Waals surface area contributed by atoms with Crippen LogP contribution in [0.25, 0.3) is 10.1 Å². The largest absolute Gasteiger partial charge is 0.468 e. The van der Waals surface area contributed by atoms with E-state index in [9.17, 15) is 4.79 Å². The molecule has 1 atom stereocenters. The zero-order valence-electron chi connectivity index (χ0n) is 15.0. The van der Waals surface area contributed by atoms with Crippen LogP contribution in [0.15, 0.2) is 47.1 Å². The summed E-state index contributed by atoms with van der Waals surface area (Å²) in [6, 6.07) is 12.2. The molecule has 2 aromatic heterocycles. The van der Waals surface area contributed by atoms with Crippen LogP contribution in [-0.2, 0) is 0 Å². The molecule has 0 spiro atoms. The van der Waals surface area contributed by atoms with E-state index in [2.05, 4.69) is 22.3 Å². The smallest absolute Gasteiger partial charge is 0.261 e. The van der Waals surface area contributed by atoms with Gasteiger partial charge in [-0.25, -0.2) is 0 Å². The Morgan fingerprint density at radius 1 is 1.19 bits per heavy atom. The Bertz CT molecular complexity index is 879. The summed E-state index contributed by atoms with van der Waals surface area (Å²) >= 11 is 1.57. The number of nitrogens with one attached hydrogen (secondary N) is 1. The second-order valence-electron chi connectivity index (χ2n) is 6.89. The highest BCUT2D eigenvalue weighted by Gasteiger charge is 2.25. The zero-order chi connectivity index (χ0) is 17.9. The van der Waals surface area contributed by atoms with Crippen molar-refractivity contribution in [1.29, 1.82) is 0 Å². The van der Waals surface area contributed by atoms with Crippen LogP contribution < -0.4 is 5.32 Å². The van der Waals surface area contributed by atoms with Gasteiger partial charge in [-0.1, -0.05) is 24.6 Å². The fourth-order valence-electron chi connectivity index (χ4n) is 3.78. The van der Waals surface area contributed by atoms with E-state index in [1.165, 1.54) is 24.6 Å². The van der Waals surface area contributed by atoms with Crippen LogP contribution in [0, 0.1) is 6.92 Å². The molecule has 1 N–H and O–H groups in total. The third kappa shape index (κ3) is 3.41. The van der Waals surface area contributed by atoms with E-state index in [1.54, 1.807) is 17.6 Å². The first kappa shape index (κ1) is 17.3. The van der Waals surface area contributed by atoms with Gasteiger partial charge in [0.1, 0.15) is 5.76 Å². The summed E-state index contributed by atoms with van der Waals surface area (Å²) in [5.74, 6) is 0.942. The quantitative estimate of drug-likeness (QED) is 0.706. The SMILES string of the molecule is Cc1c(C(=O)NCC(c2ccco2)N2CCCCC2)sc2ccccc12. The van der Waals surface area contributed by atoms with Crippen LogP contribution in [0.2, 0.25) is 0 Å². The molecular weight excluding hydrogens is 344 g/mol. The average Bonchev–Trinajstić information content (AvgIpc) is 3.32. The van der Waals surface area contributed by atoms with Crippen LogP contribution in [0.4, 0.5) is 0 Å². The van der Waals surface area contributed by atoms with Crippen molar-refractivity contribution in [2.45, 2.75) is 32.2 Å². The number of piperidine rings is 1. The Balaban J connectivity index is 1.51. The van der Waals surface area contributed by atoms with Crippen LogP contribution >= 0.6 is 11.3 Å². The summed E-state index contributed by atoms with van der Waals surface area (Å²) in [5.41, 5.74) is 1.07. The molecule has 1 saturated heterocycles. The molecule has 1 aliphatic rings. The van der Waals surface area contributed by atoms with Crippen LogP contribution in [0.3, 0.4) is 0 Å². The minimum atomic E-state index is 0.0114. The van der Waals surface area contributed by atoms with Gasteiger partial charge >= 0.3 is 0 Å². The predicted molar refractivity (Wildman–Crippen MR) is 106 cm³/mol. The molecule has 4 rings (SSSR count). The highest BCUT2D eigenvalue weighted by atomic mass is 32.1. The molecule has 5 heteroatoms. The molecule has 0 aliphatic carbocycles. The Morgan fingerprint density at radius 3 is 2.73 bits per heavy atom. The molecule has 0 radical (unpaired) electrons. The van der Waals surface area contributed by atoms with Gasteiger partial charge in [0.15, 0.2) is 0 Å². The van der Waals surface area contributed by atoms with Crippen molar-refractivity contribution in [1.82, 2.24) is 10.2 Å². The molecule has 4 nitrogen and oxygen atoms in total.